The number of rotatable bonds is 6. The third-order valence-corrected chi connectivity index (χ3v) is 4.74. The highest BCUT2D eigenvalue weighted by atomic mass is 16.5. The van der Waals surface area contributed by atoms with Gasteiger partial charge >= 0.3 is 6.03 Å². The second-order valence-electron chi connectivity index (χ2n) is 6.54. The molecule has 0 saturated carbocycles. The number of benzene rings is 2. The second kappa shape index (κ2) is 7.78. The van der Waals surface area contributed by atoms with Crippen molar-refractivity contribution < 1.29 is 19.0 Å². The Labute approximate surface area is 173 Å². The van der Waals surface area contributed by atoms with Gasteiger partial charge < -0.3 is 24.8 Å². The number of nitrogens with zero attached hydrogens (tertiary/aromatic N) is 4. The van der Waals surface area contributed by atoms with Crippen molar-refractivity contribution in [3.8, 4) is 17.2 Å². The molecular weight excluding hydrogens is 386 g/mol. The summed E-state index contributed by atoms with van der Waals surface area (Å²) in [6.45, 7) is 0.434. The van der Waals surface area contributed by atoms with Crippen molar-refractivity contribution in [2.45, 2.75) is 6.54 Å². The zero-order valence-corrected chi connectivity index (χ0v) is 16.7. The van der Waals surface area contributed by atoms with Crippen LogP contribution in [0.1, 0.15) is 11.1 Å². The fraction of sp³-hybridized carbons (Fsp3) is 0.190. The summed E-state index contributed by atoms with van der Waals surface area (Å²) in [4.78, 5) is 22.1. The summed E-state index contributed by atoms with van der Waals surface area (Å²) < 4.78 is 16.4. The fourth-order valence-electron chi connectivity index (χ4n) is 3.30. The lowest BCUT2D eigenvalue weighted by Gasteiger charge is -2.29. The van der Waals surface area contributed by atoms with E-state index in [1.54, 1.807) is 27.5 Å². The molecule has 0 unspecified atom stereocenters. The van der Waals surface area contributed by atoms with Crippen LogP contribution in [-0.4, -0.2) is 43.9 Å². The lowest BCUT2D eigenvalue weighted by Crippen LogP contribution is -2.37. The molecule has 0 atom stereocenters. The first kappa shape index (κ1) is 19.3. The van der Waals surface area contributed by atoms with Gasteiger partial charge in [0.15, 0.2) is 17.3 Å². The molecule has 2 amide bonds. The molecule has 2 aromatic carbocycles. The molecule has 2 aliphatic rings. The number of carbonyl (C=O) groups is 1. The minimum atomic E-state index is -0.578. The maximum atomic E-state index is 11.8. The number of hydrogen-bond donors (Lipinski definition) is 1. The first-order chi connectivity index (χ1) is 14.5. The molecule has 0 aliphatic carbocycles. The Balaban J connectivity index is 1.81. The predicted molar refractivity (Wildman–Crippen MR) is 113 cm³/mol. The van der Waals surface area contributed by atoms with Crippen molar-refractivity contribution in [2.75, 3.05) is 27.1 Å². The molecule has 0 fully saturated rings. The van der Waals surface area contributed by atoms with E-state index in [-0.39, 0.29) is 5.84 Å². The van der Waals surface area contributed by atoms with E-state index in [9.17, 15) is 4.79 Å². The van der Waals surface area contributed by atoms with E-state index >= 15 is 0 Å². The van der Waals surface area contributed by atoms with E-state index in [0.717, 1.165) is 11.1 Å². The summed E-state index contributed by atoms with van der Waals surface area (Å²) in [5.41, 5.74) is 8.91. The van der Waals surface area contributed by atoms with Crippen molar-refractivity contribution in [1.82, 2.24) is 10.2 Å². The van der Waals surface area contributed by atoms with Crippen molar-refractivity contribution in [3.63, 3.8) is 0 Å². The summed E-state index contributed by atoms with van der Waals surface area (Å²) in [6, 6.07) is 10.5. The number of fused-ring (bicyclic) bond motifs is 1. The smallest absolute Gasteiger partial charge is 0.371 e. The van der Waals surface area contributed by atoms with Crippen LogP contribution in [0, 0.1) is 0 Å². The Morgan fingerprint density at radius 2 is 1.67 bits per heavy atom. The number of hydrogen-bond acceptors (Lipinski definition) is 7. The molecule has 9 heteroatoms. The van der Waals surface area contributed by atoms with Gasteiger partial charge in [-0.05, 0) is 29.8 Å². The molecule has 2 heterocycles. The average molecular weight is 406 g/mol. The van der Waals surface area contributed by atoms with Crippen LogP contribution in [0.15, 0.2) is 52.6 Å². The van der Waals surface area contributed by atoms with Crippen LogP contribution in [-0.2, 0) is 6.54 Å². The van der Waals surface area contributed by atoms with Crippen LogP contribution in [0.5, 0.6) is 17.2 Å². The van der Waals surface area contributed by atoms with E-state index in [1.165, 1.54) is 0 Å². The van der Waals surface area contributed by atoms with E-state index in [2.05, 4.69) is 15.3 Å². The minimum absolute atomic E-state index is 0.284. The number of urea groups is 1. The van der Waals surface area contributed by atoms with Crippen molar-refractivity contribution >= 4 is 29.1 Å². The lowest BCUT2D eigenvalue weighted by molar-refractivity contribution is 0.253. The summed E-state index contributed by atoms with van der Waals surface area (Å²) in [7, 11) is 4.65. The van der Waals surface area contributed by atoms with Crippen LogP contribution in [0.2, 0.25) is 0 Å². The molecular formula is C21H20N5O4. The van der Waals surface area contributed by atoms with Gasteiger partial charge in [0.05, 0.1) is 33.2 Å². The Morgan fingerprint density at radius 3 is 2.27 bits per heavy atom. The maximum absolute atomic E-state index is 11.8. The zero-order chi connectivity index (χ0) is 21.3. The van der Waals surface area contributed by atoms with Crippen LogP contribution >= 0.6 is 0 Å². The first-order valence-corrected chi connectivity index (χ1v) is 9.09. The molecule has 0 spiro atoms. The van der Waals surface area contributed by atoms with Gasteiger partial charge in [0, 0.05) is 17.8 Å². The Morgan fingerprint density at radius 1 is 1.00 bits per heavy atom. The number of amides is 2. The van der Waals surface area contributed by atoms with Crippen LogP contribution in [0.3, 0.4) is 0 Å². The second-order valence-corrected chi connectivity index (χ2v) is 6.54. The van der Waals surface area contributed by atoms with Gasteiger partial charge in [-0.25, -0.2) is 9.79 Å². The molecule has 1 radical (unpaired) electrons. The number of aliphatic imine (C=N–C) groups is 2. The zero-order valence-electron chi connectivity index (χ0n) is 16.7. The monoisotopic (exact) mass is 406 g/mol. The topological polar surface area (TPSA) is 113 Å². The summed E-state index contributed by atoms with van der Waals surface area (Å²) in [6.07, 6.45) is 1.65. The molecule has 30 heavy (non-hydrogen) atoms. The highest BCUT2D eigenvalue weighted by molar-refractivity contribution is 6.49. The Bertz CT molecular complexity index is 1060. The maximum Gasteiger partial charge on any atom is 0.371 e. The molecule has 0 aromatic heterocycles. The number of methoxy groups -OCH3 is 3. The van der Waals surface area contributed by atoms with Gasteiger partial charge in [0.25, 0.3) is 0 Å². The molecule has 0 bridgehead atoms. The number of carbonyl (C=O) groups excluding carboxylic acids is 1. The Hall–Kier alpha value is -4.01. The fourth-order valence-corrected chi connectivity index (χ4v) is 3.30. The van der Waals surface area contributed by atoms with Gasteiger partial charge in [-0.2, -0.15) is 10.3 Å². The molecule has 9 nitrogen and oxygen atoms in total. The van der Waals surface area contributed by atoms with Gasteiger partial charge in [-0.15, -0.1) is 0 Å². The van der Waals surface area contributed by atoms with Gasteiger partial charge in [0.2, 0.25) is 11.6 Å². The molecule has 4 rings (SSSR count). The number of anilines is 1. The largest absolute Gasteiger partial charge is 0.493 e. The van der Waals surface area contributed by atoms with Gasteiger partial charge in [-0.3, -0.25) is 0 Å². The Kier molecular flexibility index (Phi) is 5.01. The molecule has 2 aromatic rings. The average Bonchev–Trinajstić information content (AvgIpc) is 3.15. The summed E-state index contributed by atoms with van der Waals surface area (Å²) in [5.74, 6) is 2.17. The highest BCUT2D eigenvalue weighted by Crippen LogP contribution is 2.41. The quantitative estimate of drug-likeness (QED) is 0.738. The number of nitrogen functional groups attached to an aromatic ring is 1. The van der Waals surface area contributed by atoms with E-state index < -0.39 is 6.03 Å². The summed E-state index contributed by atoms with van der Waals surface area (Å²) in [5, 5.41) is 3.87. The van der Waals surface area contributed by atoms with Crippen molar-refractivity contribution in [1.29, 1.82) is 0 Å². The number of nitrogens with two attached hydrogens (primary N) is 1. The summed E-state index contributed by atoms with van der Waals surface area (Å²) >= 11 is 0. The molecule has 153 valence electrons. The molecule has 0 saturated heterocycles. The minimum Gasteiger partial charge on any atom is -0.493 e. The number of ether oxygens (including phenoxy) is 3. The van der Waals surface area contributed by atoms with Crippen LogP contribution in [0.25, 0.3) is 5.70 Å². The van der Waals surface area contributed by atoms with E-state index in [0.29, 0.717) is 41.0 Å². The standard InChI is InChI=1S/C21H20N5O4/c1-28-16-8-13(9-17(29-2)18(16)30-3)15-10-23-19-20(25-21(27)24-19)26(15)11-12-4-6-14(22)7-5-12/h4-10H,11,22H2,1-3H3. The molecule has 2 aliphatic heterocycles. The number of amidine groups is 2. The highest BCUT2D eigenvalue weighted by Gasteiger charge is 2.34. The molecule has 2 N–H and O–H groups in total. The predicted octanol–water partition coefficient (Wildman–Crippen LogP) is 2.64. The van der Waals surface area contributed by atoms with Crippen LogP contribution < -0.4 is 25.3 Å². The van der Waals surface area contributed by atoms with E-state index in [1.807, 2.05) is 41.3 Å². The van der Waals surface area contributed by atoms with Crippen molar-refractivity contribution in [3.05, 3.63) is 53.7 Å². The SMILES string of the molecule is COc1cc(C2=CN=C3[N]C(=O)N=C3N2Cc2ccc(N)cc2)cc(OC)c1OC. The van der Waals surface area contributed by atoms with Gasteiger partial charge in [-0.1, -0.05) is 12.1 Å². The van der Waals surface area contributed by atoms with Gasteiger partial charge in [0.1, 0.15) is 0 Å². The lowest BCUT2D eigenvalue weighted by atomic mass is 10.1. The van der Waals surface area contributed by atoms with Crippen LogP contribution in [0.4, 0.5) is 10.5 Å². The normalized spacial score (nSPS) is 15.0. The van der Waals surface area contributed by atoms with Crippen molar-refractivity contribution in [2.24, 2.45) is 9.98 Å². The first-order valence-electron chi connectivity index (χ1n) is 9.09. The third kappa shape index (κ3) is 3.41. The van der Waals surface area contributed by atoms with E-state index in [4.69, 9.17) is 19.9 Å². The third-order valence-electron chi connectivity index (χ3n) is 4.74.